The summed E-state index contributed by atoms with van der Waals surface area (Å²) in [6.45, 7) is 7.32. The summed E-state index contributed by atoms with van der Waals surface area (Å²) in [5.74, 6) is -0.114. The van der Waals surface area contributed by atoms with E-state index in [9.17, 15) is 9.59 Å². The van der Waals surface area contributed by atoms with E-state index in [0.717, 1.165) is 19.3 Å². The van der Waals surface area contributed by atoms with Crippen LogP contribution in [0.3, 0.4) is 0 Å². The van der Waals surface area contributed by atoms with Gasteiger partial charge in [0.25, 0.3) is 0 Å². The molecule has 1 amide bonds. The molecule has 0 bridgehead atoms. The van der Waals surface area contributed by atoms with E-state index in [0.29, 0.717) is 25.9 Å². The lowest BCUT2D eigenvalue weighted by Crippen LogP contribution is -2.44. The zero-order valence-corrected chi connectivity index (χ0v) is 12.6. The average Bonchev–Trinajstić information content (AvgIpc) is 2.68. The maximum Gasteiger partial charge on any atom is 0.407 e. The fourth-order valence-corrected chi connectivity index (χ4v) is 3.51. The first kappa shape index (κ1) is 15.1. The number of hydrogen-bond donors (Lipinski definition) is 1. The van der Waals surface area contributed by atoms with Gasteiger partial charge in [-0.05, 0) is 19.3 Å². The van der Waals surface area contributed by atoms with E-state index >= 15 is 0 Å². The smallest absolute Gasteiger partial charge is 0.407 e. The Hall–Kier alpha value is -1.26. The Labute approximate surface area is 120 Å². The predicted octanol–water partition coefficient (Wildman–Crippen LogP) is 2.89. The average molecular weight is 283 g/mol. The molecule has 1 atom stereocenters. The Kier molecular flexibility index (Phi) is 3.98. The van der Waals surface area contributed by atoms with Gasteiger partial charge in [-0.15, -0.1) is 0 Å². The van der Waals surface area contributed by atoms with Crippen molar-refractivity contribution < 1.29 is 19.4 Å². The lowest BCUT2D eigenvalue weighted by molar-refractivity contribution is -0.153. The fraction of sp³-hybridized carbons (Fsp3) is 0.867. The van der Waals surface area contributed by atoms with E-state index in [1.807, 2.05) is 0 Å². The minimum atomic E-state index is -0.894. The molecule has 114 valence electrons. The van der Waals surface area contributed by atoms with Gasteiger partial charge in [0.1, 0.15) is 6.10 Å². The summed E-state index contributed by atoms with van der Waals surface area (Å²) in [5.41, 5.74) is -0.445. The second-order valence-corrected chi connectivity index (χ2v) is 6.89. The summed E-state index contributed by atoms with van der Waals surface area (Å²) in [6, 6.07) is 0. The molecule has 0 radical (unpaired) electrons. The Morgan fingerprint density at radius 3 is 2.55 bits per heavy atom. The van der Waals surface area contributed by atoms with Crippen LogP contribution in [-0.2, 0) is 9.53 Å². The molecule has 20 heavy (non-hydrogen) atoms. The van der Waals surface area contributed by atoms with Crippen molar-refractivity contribution in [3.8, 4) is 0 Å². The molecule has 0 saturated carbocycles. The summed E-state index contributed by atoms with van der Waals surface area (Å²) in [6.07, 6.45) is 3.10. The predicted molar refractivity (Wildman–Crippen MR) is 74.5 cm³/mol. The second-order valence-electron chi connectivity index (χ2n) is 6.89. The Bertz CT molecular complexity index is 397. The van der Waals surface area contributed by atoms with Crippen LogP contribution in [-0.4, -0.2) is 41.3 Å². The first-order chi connectivity index (χ1) is 9.31. The number of piperidine rings is 1. The van der Waals surface area contributed by atoms with Crippen molar-refractivity contribution in [2.24, 2.45) is 10.8 Å². The van der Waals surface area contributed by atoms with Crippen molar-refractivity contribution in [1.29, 1.82) is 0 Å². The van der Waals surface area contributed by atoms with E-state index in [1.54, 1.807) is 0 Å². The maximum atomic E-state index is 12.3. The summed E-state index contributed by atoms with van der Waals surface area (Å²) in [5, 5.41) is 9.00. The normalized spacial score (nSPS) is 25.9. The molecule has 2 aliphatic heterocycles. The molecule has 0 aromatic rings. The summed E-state index contributed by atoms with van der Waals surface area (Å²) < 4.78 is 5.66. The number of esters is 1. The van der Waals surface area contributed by atoms with Crippen molar-refractivity contribution in [3.05, 3.63) is 0 Å². The third kappa shape index (κ3) is 2.63. The summed E-state index contributed by atoms with van der Waals surface area (Å²) in [4.78, 5) is 24.7. The molecule has 0 aromatic heterocycles. The Morgan fingerprint density at radius 2 is 2.05 bits per heavy atom. The Morgan fingerprint density at radius 1 is 1.45 bits per heavy atom. The number of amides is 1. The van der Waals surface area contributed by atoms with E-state index in [1.165, 1.54) is 4.90 Å². The van der Waals surface area contributed by atoms with Crippen LogP contribution >= 0.6 is 0 Å². The van der Waals surface area contributed by atoms with Crippen LogP contribution in [0.15, 0.2) is 0 Å². The van der Waals surface area contributed by atoms with Gasteiger partial charge in [-0.2, -0.15) is 0 Å². The topological polar surface area (TPSA) is 66.8 Å². The largest absolute Gasteiger partial charge is 0.465 e. The zero-order valence-electron chi connectivity index (χ0n) is 12.6. The van der Waals surface area contributed by atoms with E-state index in [-0.39, 0.29) is 17.5 Å². The number of carboxylic acid groups (broad SMARTS) is 1. The molecule has 2 fully saturated rings. The third-order valence-corrected chi connectivity index (χ3v) is 5.02. The van der Waals surface area contributed by atoms with Crippen LogP contribution in [0.2, 0.25) is 0 Å². The fourth-order valence-electron chi connectivity index (χ4n) is 3.51. The van der Waals surface area contributed by atoms with Gasteiger partial charge in [0, 0.05) is 24.9 Å². The van der Waals surface area contributed by atoms with Crippen molar-refractivity contribution in [1.82, 2.24) is 4.90 Å². The molecule has 5 nitrogen and oxygen atoms in total. The van der Waals surface area contributed by atoms with Crippen molar-refractivity contribution >= 4 is 12.1 Å². The van der Waals surface area contributed by atoms with Gasteiger partial charge >= 0.3 is 12.1 Å². The van der Waals surface area contributed by atoms with Gasteiger partial charge < -0.3 is 14.7 Å². The minimum absolute atomic E-state index is 0.00214. The van der Waals surface area contributed by atoms with E-state index in [4.69, 9.17) is 9.84 Å². The van der Waals surface area contributed by atoms with Crippen molar-refractivity contribution in [2.45, 2.75) is 59.0 Å². The van der Waals surface area contributed by atoms with E-state index < -0.39 is 11.5 Å². The SMILES string of the molecule is CCCC(C)(C)C1CC2(CCN(C(=O)O)CC2)C(=O)O1. The molecule has 2 saturated heterocycles. The highest BCUT2D eigenvalue weighted by molar-refractivity contribution is 5.79. The summed E-state index contributed by atoms with van der Waals surface area (Å²) >= 11 is 0. The molecule has 2 heterocycles. The number of carbonyl (C=O) groups is 2. The third-order valence-electron chi connectivity index (χ3n) is 5.02. The summed E-state index contributed by atoms with van der Waals surface area (Å²) in [7, 11) is 0. The lowest BCUT2D eigenvalue weighted by atomic mass is 9.71. The second kappa shape index (κ2) is 5.26. The van der Waals surface area contributed by atoms with Gasteiger partial charge in [0.2, 0.25) is 0 Å². The first-order valence-corrected chi connectivity index (χ1v) is 7.50. The van der Waals surface area contributed by atoms with Crippen LogP contribution in [0.25, 0.3) is 0 Å². The molecular formula is C15H25NO4. The lowest BCUT2D eigenvalue weighted by Gasteiger charge is -2.36. The van der Waals surface area contributed by atoms with Gasteiger partial charge in [-0.1, -0.05) is 27.2 Å². The molecule has 0 aromatic carbocycles. The molecule has 1 N–H and O–H groups in total. The number of ether oxygens (including phenoxy) is 1. The molecule has 2 rings (SSSR count). The zero-order chi connectivity index (χ0) is 15.0. The van der Waals surface area contributed by atoms with Crippen LogP contribution in [0.5, 0.6) is 0 Å². The standard InChI is InChI=1S/C15H25NO4/c1-4-5-14(2,3)11-10-15(12(17)20-11)6-8-16(9-7-15)13(18)19/h11H,4-10H2,1-3H3,(H,18,19). The number of nitrogens with zero attached hydrogens (tertiary/aromatic N) is 1. The quantitative estimate of drug-likeness (QED) is 0.809. The highest BCUT2D eigenvalue weighted by atomic mass is 16.6. The number of likely N-dealkylation sites (tertiary alicyclic amines) is 1. The highest BCUT2D eigenvalue weighted by Crippen LogP contribution is 2.48. The van der Waals surface area contributed by atoms with Crippen LogP contribution < -0.4 is 0 Å². The maximum absolute atomic E-state index is 12.3. The monoisotopic (exact) mass is 283 g/mol. The Balaban J connectivity index is 2.05. The van der Waals surface area contributed by atoms with Gasteiger partial charge in [-0.3, -0.25) is 4.79 Å². The van der Waals surface area contributed by atoms with Gasteiger partial charge in [0.15, 0.2) is 0 Å². The molecule has 5 heteroatoms. The number of cyclic esters (lactones) is 1. The van der Waals surface area contributed by atoms with Crippen molar-refractivity contribution in [2.75, 3.05) is 13.1 Å². The van der Waals surface area contributed by atoms with E-state index in [2.05, 4.69) is 20.8 Å². The minimum Gasteiger partial charge on any atom is -0.465 e. The number of rotatable bonds is 3. The van der Waals surface area contributed by atoms with Crippen molar-refractivity contribution in [3.63, 3.8) is 0 Å². The molecule has 0 aliphatic carbocycles. The van der Waals surface area contributed by atoms with Crippen LogP contribution in [0.4, 0.5) is 4.79 Å². The first-order valence-electron chi connectivity index (χ1n) is 7.50. The van der Waals surface area contributed by atoms with Crippen LogP contribution in [0.1, 0.15) is 52.9 Å². The molecule has 2 aliphatic rings. The van der Waals surface area contributed by atoms with Crippen LogP contribution in [0, 0.1) is 10.8 Å². The number of hydrogen-bond acceptors (Lipinski definition) is 3. The molecular weight excluding hydrogens is 258 g/mol. The van der Waals surface area contributed by atoms with Gasteiger partial charge in [0.05, 0.1) is 5.41 Å². The van der Waals surface area contributed by atoms with Gasteiger partial charge in [-0.25, -0.2) is 4.79 Å². The highest BCUT2D eigenvalue weighted by Gasteiger charge is 2.54. The molecule has 1 spiro atoms. The number of carbonyl (C=O) groups excluding carboxylic acids is 1. The molecule has 1 unspecified atom stereocenters.